The van der Waals surface area contributed by atoms with Crippen LogP contribution in [0.1, 0.15) is 5.56 Å². The van der Waals surface area contributed by atoms with E-state index in [0.29, 0.717) is 15.8 Å². The Morgan fingerprint density at radius 3 is 2.21 bits per heavy atom. The molecular formula is C13H9BrF2N2O. The van der Waals surface area contributed by atoms with Crippen LogP contribution in [-0.2, 0) is 0 Å². The summed E-state index contributed by atoms with van der Waals surface area (Å²) in [7, 11) is 0. The molecule has 0 fully saturated rings. The molecule has 2 aromatic rings. The molecule has 2 aromatic carbocycles. The summed E-state index contributed by atoms with van der Waals surface area (Å²) < 4.78 is 31.9. The second kappa shape index (κ2) is 5.36. The average molecular weight is 327 g/mol. The van der Waals surface area contributed by atoms with E-state index in [1.165, 1.54) is 0 Å². The van der Waals surface area contributed by atoms with E-state index in [1.54, 1.807) is 18.2 Å². The van der Waals surface area contributed by atoms with Crippen LogP contribution in [0.4, 0.5) is 8.78 Å². The van der Waals surface area contributed by atoms with Crippen LogP contribution in [0.25, 0.3) is 0 Å². The number of halogens is 3. The van der Waals surface area contributed by atoms with Crippen molar-refractivity contribution in [1.82, 2.24) is 0 Å². The summed E-state index contributed by atoms with van der Waals surface area (Å²) in [6.45, 7) is 0. The summed E-state index contributed by atoms with van der Waals surface area (Å²) in [5.74, 6) is -1.08. The number of nitrogens with two attached hydrogens (primary N) is 1. The minimum absolute atomic E-state index is 0.0555. The molecule has 0 heterocycles. The first-order valence-electron chi connectivity index (χ1n) is 5.23. The summed E-state index contributed by atoms with van der Waals surface area (Å²) in [5.41, 5.74) is 5.88. The van der Waals surface area contributed by atoms with Crippen molar-refractivity contribution in [2.45, 2.75) is 0 Å². The zero-order valence-electron chi connectivity index (χ0n) is 9.58. The maximum absolute atomic E-state index is 13.0. The van der Waals surface area contributed by atoms with Gasteiger partial charge in [0.05, 0.1) is 0 Å². The van der Waals surface area contributed by atoms with Gasteiger partial charge in [-0.05, 0) is 34.1 Å². The monoisotopic (exact) mass is 326 g/mol. The fourth-order valence-electron chi connectivity index (χ4n) is 1.50. The van der Waals surface area contributed by atoms with E-state index in [4.69, 9.17) is 15.9 Å². The third-order valence-corrected chi connectivity index (χ3v) is 2.96. The van der Waals surface area contributed by atoms with Crippen LogP contribution in [0.15, 0.2) is 40.9 Å². The summed E-state index contributed by atoms with van der Waals surface area (Å²) in [6.07, 6.45) is 0. The van der Waals surface area contributed by atoms with Gasteiger partial charge in [0.25, 0.3) is 0 Å². The second-order valence-electron chi connectivity index (χ2n) is 3.76. The predicted molar refractivity (Wildman–Crippen MR) is 71.6 cm³/mol. The van der Waals surface area contributed by atoms with E-state index in [0.717, 1.165) is 18.2 Å². The molecule has 0 aromatic heterocycles. The first kappa shape index (κ1) is 13.5. The molecule has 0 saturated heterocycles. The highest BCUT2D eigenvalue weighted by molar-refractivity contribution is 9.10. The average Bonchev–Trinajstić information content (AvgIpc) is 2.26. The fraction of sp³-hybridized carbons (Fsp3) is 0. The number of rotatable bonds is 3. The van der Waals surface area contributed by atoms with Gasteiger partial charge >= 0.3 is 0 Å². The molecule has 98 valence electrons. The fourth-order valence-corrected chi connectivity index (χ4v) is 2.07. The van der Waals surface area contributed by atoms with Crippen molar-refractivity contribution in [3.05, 3.63) is 58.1 Å². The van der Waals surface area contributed by atoms with Crippen molar-refractivity contribution < 1.29 is 13.5 Å². The molecule has 0 radical (unpaired) electrons. The first-order chi connectivity index (χ1) is 8.95. The molecule has 6 heteroatoms. The summed E-state index contributed by atoms with van der Waals surface area (Å²) in [5, 5.41) is 7.33. The van der Waals surface area contributed by atoms with Crippen LogP contribution >= 0.6 is 15.9 Å². The molecule has 0 atom stereocenters. The van der Waals surface area contributed by atoms with Crippen molar-refractivity contribution >= 4 is 21.8 Å². The van der Waals surface area contributed by atoms with E-state index in [9.17, 15) is 8.78 Å². The largest absolute Gasteiger partial charge is 0.457 e. The molecule has 0 unspecified atom stereocenters. The van der Waals surface area contributed by atoms with Gasteiger partial charge in [-0.1, -0.05) is 0 Å². The summed E-state index contributed by atoms with van der Waals surface area (Å²) in [6, 6.07) is 7.63. The van der Waals surface area contributed by atoms with Gasteiger partial charge in [0.15, 0.2) is 0 Å². The first-order valence-corrected chi connectivity index (χ1v) is 6.03. The highest BCUT2D eigenvalue weighted by Gasteiger charge is 2.07. The van der Waals surface area contributed by atoms with Gasteiger partial charge in [0, 0.05) is 28.2 Å². The number of nitrogens with one attached hydrogen (secondary N) is 1. The summed E-state index contributed by atoms with van der Waals surface area (Å²) in [4.78, 5) is 0. The quantitative estimate of drug-likeness (QED) is 0.665. The van der Waals surface area contributed by atoms with Crippen LogP contribution in [-0.4, -0.2) is 5.84 Å². The van der Waals surface area contributed by atoms with Gasteiger partial charge in [-0.3, -0.25) is 5.41 Å². The Kier molecular flexibility index (Phi) is 3.80. The van der Waals surface area contributed by atoms with Crippen LogP contribution in [0.3, 0.4) is 0 Å². The number of nitrogen functional groups attached to an aromatic ring is 1. The lowest BCUT2D eigenvalue weighted by molar-refractivity contribution is 0.468. The highest BCUT2D eigenvalue weighted by atomic mass is 79.9. The third-order valence-electron chi connectivity index (χ3n) is 2.30. The van der Waals surface area contributed by atoms with E-state index >= 15 is 0 Å². The molecule has 0 saturated carbocycles. The molecule has 3 nitrogen and oxygen atoms in total. The molecule has 0 aliphatic carbocycles. The van der Waals surface area contributed by atoms with Crippen molar-refractivity contribution in [2.75, 3.05) is 0 Å². The molecule has 3 N–H and O–H groups in total. The van der Waals surface area contributed by atoms with E-state index in [2.05, 4.69) is 15.9 Å². The van der Waals surface area contributed by atoms with Gasteiger partial charge in [0.1, 0.15) is 29.0 Å². The molecule has 0 aliphatic heterocycles. The van der Waals surface area contributed by atoms with E-state index in [-0.39, 0.29) is 11.6 Å². The lowest BCUT2D eigenvalue weighted by Crippen LogP contribution is -2.11. The lowest BCUT2D eigenvalue weighted by Gasteiger charge is -2.08. The van der Waals surface area contributed by atoms with Gasteiger partial charge in [-0.15, -0.1) is 0 Å². The zero-order valence-corrected chi connectivity index (χ0v) is 11.2. The van der Waals surface area contributed by atoms with E-state index in [1.807, 2.05) is 0 Å². The smallest absolute Gasteiger partial charge is 0.133 e. The van der Waals surface area contributed by atoms with Crippen molar-refractivity contribution in [2.24, 2.45) is 5.73 Å². The molecule has 0 amide bonds. The lowest BCUT2D eigenvalue weighted by atomic mass is 10.2. The zero-order chi connectivity index (χ0) is 14.0. The molecule has 0 aliphatic rings. The Morgan fingerprint density at radius 1 is 1.05 bits per heavy atom. The molecular weight excluding hydrogens is 318 g/mol. The van der Waals surface area contributed by atoms with Crippen LogP contribution < -0.4 is 10.5 Å². The molecule has 0 spiro atoms. The van der Waals surface area contributed by atoms with Gasteiger partial charge in [0.2, 0.25) is 0 Å². The predicted octanol–water partition coefficient (Wildman–Crippen LogP) is 3.80. The van der Waals surface area contributed by atoms with Crippen molar-refractivity contribution in [1.29, 1.82) is 5.41 Å². The molecule has 19 heavy (non-hydrogen) atoms. The third kappa shape index (κ3) is 3.29. The summed E-state index contributed by atoms with van der Waals surface area (Å²) >= 11 is 3.24. The standard InChI is InChI=1S/C13H9BrF2N2O/c14-12-6-9(1-2-11(12)13(17)18)19-10-4-7(15)3-8(16)5-10/h1-6H,(H3,17,18). The van der Waals surface area contributed by atoms with E-state index < -0.39 is 11.6 Å². The SMILES string of the molecule is N=C(N)c1ccc(Oc2cc(F)cc(F)c2)cc1Br. The van der Waals surface area contributed by atoms with Crippen LogP contribution in [0, 0.1) is 17.0 Å². The second-order valence-corrected chi connectivity index (χ2v) is 4.62. The number of hydrogen-bond acceptors (Lipinski definition) is 2. The number of ether oxygens (including phenoxy) is 1. The Balaban J connectivity index is 2.28. The Bertz CT molecular complexity index is 626. The highest BCUT2D eigenvalue weighted by Crippen LogP contribution is 2.27. The number of hydrogen-bond donors (Lipinski definition) is 2. The molecule has 2 rings (SSSR count). The van der Waals surface area contributed by atoms with Crippen LogP contribution in [0.2, 0.25) is 0 Å². The normalized spacial score (nSPS) is 10.3. The maximum Gasteiger partial charge on any atom is 0.133 e. The maximum atomic E-state index is 13.0. The van der Waals surface area contributed by atoms with Crippen LogP contribution in [0.5, 0.6) is 11.5 Å². The Hall–Kier alpha value is -1.95. The van der Waals surface area contributed by atoms with Gasteiger partial charge in [-0.25, -0.2) is 8.78 Å². The minimum atomic E-state index is -0.713. The Morgan fingerprint density at radius 2 is 1.68 bits per heavy atom. The van der Waals surface area contributed by atoms with Crippen molar-refractivity contribution in [3.63, 3.8) is 0 Å². The topological polar surface area (TPSA) is 59.1 Å². The minimum Gasteiger partial charge on any atom is -0.457 e. The number of benzene rings is 2. The molecule has 0 bridgehead atoms. The number of amidine groups is 1. The van der Waals surface area contributed by atoms with Crippen molar-refractivity contribution in [3.8, 4) is 11.5 Å². The van der Waals surface area contributed by atoms with Gasteiger partial charge < -0.3 is 10.5 Å². The van der Waals surface area contributed by atoms with Gasteiger partial charge in [-0.2, -0.15) is 0 Å². The Labute approximate surface area is 116 Å².